The van der Waals surface area contributed by atoms with Gasteiger partial charge in [-0.25, -0.2) is 0 Å². The van der Waals surface area contributed by atoms with Crippen LogP contribution in [0.25, 0.3) is 10.9 Å². The standard InChI is InChI=1S/C24H28N2O2/c1-24(2,28)13-11-17-3-6-19(7-4-17)23(27)26(21-8-9-21)16-18-5-10-22-20(15-18)12-14-25-22/h3-7,10,12,14-15,21,25,28H,8-9,11,13,16H2,1-2H3. The van der Waals surface area contributed by atoms with Gasteiger partial charge in [-0.2, -0.15) is 0 Å². The van der Waals surface area contributed by atoms with E-state index in [2.05, 4.69) is 29.2 Å². The zero-order chi connectivity index (χ0) is 19.7. The highest BCUT2D eigenvalue weighted by Gasteiger charge is 2.33. The average Bonchev–Trinajstić information content (AvgIpc) is 3.40. The summed E-state index contributed by atoms with van der Waals surface area (Å²) in [5, 5.41) is 11.1. The first-order valence-electron chi connectivity index (χ1n) is 10.1. The third kappa shape index (κ3) is 4.45. The zero-order valence-electron chi connectivity index (χ0n) is 16.6. The molecule has 4 heteroatoms. The smallest absolute Gasteiger partial charge is 0.254 e. The van der Waals surface area contributed by atoms with Gasteiger partial charge in [0.1, 0.15) is 0 Å². The molecule has 146 valence electrons. The van der Waals surface area contributed by atoms with Gasteiger partial charge in [0.15, 0.2) is 0 Å². The number of aromatic nitrogens is 1. The molecule has 0 aliphatic heterocycles. The van der Waals surface area contributed by atoms with E-state index in [4.69, 9.17) is 0 Å². The molecule has 0 bridgehead atoms. The van der Waals surface area contributed by atoms with Crippen LogP contribution < -0.4 is 0 Å². The van der Waals surface area contributed by atoms with E-state index in [1.165, 1.54) is 5.39 Å². The molecule has 28 heavy (non-hydrogen) atoms. The summed E-state index contributed by atoms with van der Waals surface area (Å²) in [5.41, 5.74) is 3.50. The van der Waals surface area contributed by atoms with Crippen LogP contribution in [0.1, 0.15) is 54.6 Å². The summed E-state index contributed by atoms with van der Waals surface area (Å²) in [6.45, 7) is 4.29. The maximum absolute atomic E-state index is 13.2. The summed E-state index contributed by atoms with van der Waals surface area (Å²) in [4.78, 5) is 18.4. The van der Waals surface area contributed by atoms with Crippen LogP contribution in [-0.2, 0) is 13.0 Å². The predicted octanol–water partition coefficient (Wildman–Crippen LogP) is 4.68. The molecule has 4 rings (SSSR count). The Morgan fingerprint density at radius 1 is 1.11 bits per heavy atom. The van der Waals surface area contributed by atoms with Crippen LogP contribution in [0.2, 0.25) is 0 Å². The Morgan fingerprint density at radius 2 is 1.82 bits per heavy atom. The molecule has 1 aromatic heterocycles. The Hall–Kier alpha value is -2.59. The molecule has 1 aliphatic rings. The second kappa shape index (κ2) is 7.44. The van der Waals surface area contributed by atoms with E-state index in [0.717, 1.165) is 41.5 Å². The first-order valence-corrected chi connectivity index (χ1v) is 10.1. The van der Waals surface area contributed by atoms with Crippen molar-refractivity contribution in [3.8, 4) is 0 Å². The van der Waals surface area contributed by atoms with Crippen molar-refractivity contribution in [1.29, 1.82) is 0 Å². The van der Waals surface area contributed by atoms with Crippen molar-refractivity contribution in [3.63, 3.8) is 0 Å². The predicted molar refractivity (Wildman–Crippen MR) is 112 cm³/mol. The summed E-state index contributed by atoms with van der Waals surface area (Å²) in [6.07, 6.45) is 5.62. The number of hydrogen-bond donors (Lipinski definition) is 2. The number of carbonyl (C=O) groups is 1. The van der Waals surface area contributed by atoms with Gasteiger partial charge >= 0.3 is 0 Å². The largest absolute Gasteiger partial charge is 0.390 e. The van der Waals surface area contributed by atoms with E-state index in [1.54, 1.807) is 0 Å². The Bertz CT molecular complexity index is 962. The van der Waals surface area contributed by atoms with Gasteiger partial charge in [-0.3, -0.25) is 4.79 Å². The minimum Gasteiger partial charge on any atom is -0.390 e. The van der Waals surface area contributed by atoms with E-state index < -0.39 is 5.60 Å². The molecule has 1 amide bonds. The van der Waals surface area contributed by atoms with E-state index in [0.29, 0.717) is 19.0 Å². The fraction of sp³-hybridized carbons (Fsp3) is 0.375. The van der Waals surface area contributed by atoms with Crippen LogP contribution in [0.4, 0.5) is 0 Å². The van der Waals surface area contributed by atoms with Gasteiger partial charge in [0.2, 0.25) is 0 Å². The second-order valence-electron chi connectivity index (χ2n) is 8.57. The molecule has 0 spiro atoms. The van der Waals surface area contributed by atoms with E-state index in [1.807, 2.05) is 49.2 Å². The first kappa shape index (κ1) is 18.8. The molecule has 0 unspecified atom stereocenters. The summed E-state index contributed by atoms with van der Waals surface area (Å²) in [6, 6.07) is 16.6. The summed E-state index contributed by atoms with van der Waals surface area (Å²) in [5.74, 6) is 0.103. The molecule has 4 nitrogen and oxygen atoms in total. The van der Waals surface area contributed by atoms with Crippen molar-refractivity contribution in [2.75, 3.05) is 0 Å². The number of hydrogen-bond acceptors (Lipinski definition) is 2. The molecule has 3 aromatic rings. The van der Waals surface area contributed by atoms with E-state index in [-0.39, 0.29) is 5.91 Å². The molecule has 1 heterocycles. The highest BCUT2D eigenvalue weighted by molar-refractivity contribution is 5.94. The third-order valence-electron chi connectivity index (χ3n) is 5.45. The monoisotopic (exact) mass is 376 g/mol. The van der Waals surface area contributed by atoms with Crippen LogP contribution in [-0.4, -0.2) is 32.5 Å². The van der Waals surface area contributed by atoms with Gasteiger partial charge in [-0.1, -0.05) is 18.2 Å². The van der Waals surface area contributed by atoms with Crippen molar-refractivity contribution in [2.24, 2.45) is 0 Å². The molecule has 2 aromatic carbocycles. The Kier molecular flexibility index (Phi) is 4.98. The average molecular weight is 377 g/mol. The number of nitrogens with one attached hydrogen (secondary N) is 1. The van der Waals surface area contributed by atoms with Gasteiger partial charge in [-0.15, -0.1) is 0 Å². The molecule has 0 radical (unpaired) electrons. The molecule has 1 fully saturated rings. The highest BCUT2D eigenvalue weighted by Crippen LogP contribution is 2.30. The Balaban J connectivity index is 1.47. The number of aromatic amines is 1. The van der Waals surface area contributed by atoms with Crippen molar-refractivity contribution < 1.29 is 9.90 Å². The molecular formula is C24H28N2O2. The molecule has 0 saturated heterocycles. The minimum absolute atomic E-state index is 0.103. The SMILES string of the molecule is CC(C)(O)CCc1ccc(C(=O)N(Cc2ccc3[nH]ccc3c2)C2CC2)cc1. The lowest BCUT2D eigenvalue weighted by molar-refractivity contribution is 0.0709. The van der Waals surface area contributed by atoms with Crippen molar-refractivity contribution in [2.45, 2.75) is 57.7 Å². The van der Waals surface area contributed by atoms with Gasteiger partial charge in [-0.05, 0) is 86.4 Å². The summed E-state index contributed by atoms with van der Waals surface area (Å²) in [7, 11) is 0. The topological polar surface area (TPSA) is 56.3 Å². The number of fused-ring (bicyclic) bond motifs is 1. The third-order valence-corrected chi connectivity index (χ3v) is 5.45. The maximum Gasteiger partial charge on any atom is 0.254 e. The number of benzene rings is 2. The summed E-state index contributed by atoms with van der Waals surface area (Å²) < 4.78 is 0. The van der Waals surface area contributed by atoms with Crippen molar-refractivity contribution in [3.05, 3.63) is 71.4 Å². The lowest BCUT2D eigenvalue weighted by Gasteiger charge is -2.23. The minimum atomic E-state index is -0.669. The highest BCUT2D eigenvalue weighted by atomic mass is 16.3. The van der Waals surface area contributed by atoms with Crippen molar-refractivity contribution >= 4 is 16.8 Å². The molecule has 1 aliphatic carbocycles. The van der Waals surface area contributed by atoms with Crippen LogP contribution in [0.15, 0.2) is 54.7 Å². The Labute approximate surface area is 166 Å². The second-order valence-corrected chi connectivity index (χ2v) is 8.57. The number of nitrogens with zero attached hydrogens (tertiary/aromatic N) is 1. The number of rotatable bonds is 7. The molecular weight excluding hydrogens is 348 g/mol. The fourth-order valence-electron chi connectivity index (χ4n) is 3.58. The van der Waals surface area contributed by atoms with Crippen molar-refractivity contribution in [1.82, 2.24) is 9.88 Å². The quantitative estimate of drug-likeness (QED) is 0.629. The molecule has 1 saturated carbocycles. The molecule has 2 N–H and O–H groups in total. The van der Waals surface area contributed by atoms with Crippen LogP contribution in [0.5, 0.6) is 0 Å². The fourth-order valence-corrected chi connectivity index (χ4v) is 3.58. The van der Waals surface area contributed by atoms with Gasteiger partial charge < -0.3 is 15.0 Å². The van der Waals surface area contributed by atoms with Crippen LogP contribution >= 0.6 is 0 Å². The number of aryl methyl sites for hydroxylation is 1. The number of carbonyl (C=O) groups excluding carboxylic acids is 1. The summed E-state index contributed by atoms with van der Waals surface area (Å²) >= 11 is 0. The van der Waals surface area contributed by atoms with Gasteiger partial charge in [0.25, 0.3) is 5.91 Å². The number of aliphatic hydroxyl groups is 1. The molecule has 0 atom stereocenters. The number of amides is 1. The van der Waals surface area contributed by atoms with E-state index >= 15 is 0 Å². The van der Waals surface area contributed by atoms with Gasteiger partial charge in [0.05, 0.1) is 5.60 Å². The van der Waals surface area contributed by atoms with Crippen LogP contribution in [0.3, 0.4) is 0 Å². The van der Waals surface area contributed by atoms with Crippen LogP contribution in [0, 0.1) is 0 Å². The lowest BCUT2D eigenvalue weighted by Crippen LogP contribution is -2.32. The lowest BCUT2D eigenvalue weighted by atomic mass is 9.98. The Morgan fingerprint density at radius 3 is 2.50 bits per heavy atom. The van der Waals surface area contributed by atoms with E-state index in [9.17, 15) is 9.90 Å². The number of H-pyrrole nitrogens is 1. The normalized spacial score (nSPS) is 14.4. The van der Waals surface area contributed by atoms with Gasteiger partial charge in [0, 0.05) is 29.9 Å². The zero-order valence-corrected chi connectivity index (χ0v) is 16.6. The maximum atomic E-state index is 13.2. The first-order chi connectivity index (χ1) is 13.4.